The summed E-state index contributed by atoms with van der Waals surface area (Å²) in [6.45, 7) is 2.65. The predicted octanol–water partition coefficient (Wildman–Crippen LogP) is 4.10. The number of hydrogen-bond acceptors (Lipinski definition) is 2. The van der Waals surface area contributed by atoms with Gasteiger partial charge < -0.3 is 10.6 Å². The van der Waals surface area contributed by atoms with Crippen LogP contribution in [0.25, 0.3) is 0 Å². The highest BCUT2D eigenvalue weighted by molar-refractivity contribution is 9.10. The number of amides is 1. The van der Waals surface area contributed by atoms with Gasteiger partial charge in [0.2, 0.25) is 5.91 Å². The van der Waals surface area contributed by atoms with Crippen molar-refractivity contribution in [3.8, 4) is 0 Å². The number of hydrogen-bond donors (Lipinski definition) is 1. The minimum absolute atomic E-state index is 0. The summed E-state index contributed by atoms with van der Waals surface area (Å²) in [4.78, 5) is 14.7. The zero-order valence-corrected chi connectivity index (χ0v) is 15.3. The van der Waals surface area contributed by atoms with Crippen molar-refractivity contribution in [2.24, 2.45) is 11.7 Å². The van der Waals surface area contributed by atoms with E-state index < -0.39 is 0 Å². The molecule has 2 atom stereocenters. The van der Waals surface area contributed by atoms with Gasteiger partial charge in [0.15, 0.2) is 0 Å². The second-order valence-corrected chi connectivity index (χ2v) is 6.65. The summed E-state index contributed by atoms with van der Waals surface area (Å²) in [6.07, 6.45) is 0.904. The van der Waals surface area contributed by atoms with Gasteiger partial charge in [-0.1, -0.05) is 59.3 Å². The molecule has 5 heteroatoms. The highest BCUT2D eigenvalue weighted by atomic mass is 79.9. The summed E-state index contributed by atoms with van der Waals surface area (Å²) in [5.74, 6) is -0.166. The fraction of sp³-hybridized carbons (Fsp3) is 0.278. The van der Waals surface area contributed by atoms with Crippen molar-refractivity contribution in [3.63, 3.8) is 0 Å². The van der Waals surface area contributed by atoms with Gasteiger partial charge in [0.1, 0.15) is 0 Å². The van der Waals surface area contributed by atoms with Crippen LogP contribution in [-0.4, -0.2) is 12.5 Å². The molecular weight excluding hydrogens is 376 g/mol. The van der Waals surface area contributed by atoms with Gasteiger partial charge >= 0.3 is 0 Å². The quantitative estimate of drug-likeness (QED) is 0.850. The van der Waals surface area contributed by atoms with E-state index in [0.717, 1.165) is 28.7 Å². The van der Waals surface area contributed by atoms with Crippen LogP contribution >= 0.6 is 28.3 Å². The largest absolute Gasteiger partial charge is 0.323 e. The van der Waals surface area contributed by atoms with Gasteiger partial charge in [0, 0.05) is 22.7 Å². The molecule has 1 aliphatic heterocycles. The number of fused-ring (bicyclic) bond motifs is 1. The van der Waals surface area contributed by atoms with Crippen LogP contribution in [0.3, 0.4) is 0 Å². The predicted molar refractivity (Wildman–Crippen MR) is 100.0 cm³/mol. The average Bonchev–Trinajstić information content (AvgIpc) is 2.96. The van der Waals surface area contributed by atoms with E-state index in [4.69, 9.17) is 5.73 Å². The lowest BCUT2D eigenvalue weighted by atomic mass is 9.94. The normalized spacial score (nSPS) is 15.5. The lowest BCUT2D eigenvalue weighted by molar-refractivity contribution is -0.122. The Bertz CT molecular complexity index is 693. The fourth-order valence-electron chi connectivity index (χ4n) is 2.94. The van der Waals surface area contributed by atoms with Crippen molar-refractivity contribution in [1.29, 1.82) is 0 Å². The zero-order valence-electron chi connectivity index (χ0n) is 12.9. The van der Waals surface area contributed by atoms with E-state index >= 15 is 0 Å². The van der Waals surface area contributed by atoms with E-state index in [2.05, 4.69) is 22.0 Å². The summed E-state index contributed by atoms with van der Waals surface area (Å²) in [5.41, 5.74) is 9.52. The van der Waals surface area contributed by atoms with Gasteiger partial charge in [-0.3, -0.25) is 4.79 Å². The van der Waals surface area contributed by atoms with Crippen molar-refractivity contribution in [2.75, 3.05) is 11.4 Å². The maximum Gasteiger partial charge on any atom is 0.231 e. The SMILES string of the molecule is CC(C(=O)N1CCc2ccc(Br)cc21)C(N)c1ccccc1.Cl. The van der Waals surface area contributed by atoms with E-state index in [1.54, 1.807) is 0 Å². The number of benzene rings is 2. The number of anilines is 1. The summed E-state index contributed by atoms with van der Waals surface area (Å²) < 4.78 is 0.992. The van der Waals surface area contributed by atoms with Gasteiger partial charge in [-0.25, -0.2) is 0 Å². The van der Waals surface area contributed by atoms with Gasteiger partial charge in [-0.15, -0.1) is 12.4 Å². The summed E-state index contributed by atoms with van der Waals surface area (Å²) in [7, 11) is 0. The molecule has 0 saturated heterocycles. The van der Waals surface area contributed by atoms with Crippen LogP contribution < -0.4 is 10.6 Å². The first-order valence-electron chi connectivity index (χ1n) is 7.48. The van der Waals surface area contributed by atoms with Crippen LogP contribution in [0.1, 0.15) is 24.1 Å². The van der Waals surface area contributed by atoms with E-state index in [9.17, 15) is 4.79 Å². The Morgan fingerprint density at radius 1 is 1.22 bits per heavy atom. The number of nitrogens with two attached hydrogens (primary N) is 1. The standard InChI is InChI=1S/C18H19BrN2O.ClH/c1-12(17(20)14-5-3-2-4-6-14)18(22)21-10-9-13-7-8-15(19)11-16(13)21;/h2-8,11-12,17H,9-10,20H2,1H3;1H. The van der Waals surface area contributed by atoms with Crippen molar-refractivity contribution < 1.29 is 4.79 Å². The highest BCUT2D eigenvalue weighted by Crippen LogP contribution is 2.33. The number of rotatable bonds is 3. The summed E-state index contributed by atoms with van der Waals surface area (Å²) >= 11 is 3.48. The Hall–Kier alpha value is -1.36. The molecule has 1 aliphatic rings. The van der Waals surface area contributed by atoms with Gasteiger partial charge in [0.05, 0.1) is 5.92 Å². The lowest BCUT2D eigenvalue weighted by Gasteiger charge is -2.26. The Labute approximate surface area is 151 Å². The second-order valence-electron chi connectivity index (χ2n) is 5.74. The van der Waals surface area contributed by atoms with Crippen LogP contribution in [0.4, 0.5) is 5.69 Å². The molecule has 0 saturated carbocycles. The molecule has 1 heterocycles. The minimum Gasteiger partial charge on any atom is -0.323 e. The third-order valence-electron chi connectivity index (χ3n) is 4.32. The molecule has 2 aromatic rings. The molecule has 122 valence electrons. The Morgan fingerprint density at radius 3 is 2.61 bits per heavy atom. The van der Waals surface area contributed by atoms with Gasteiger partial charge in [-0.2, -0.15) is 0 Å². The third kappa shape index (κ3) is 3.60. The van der Waals surface area contributed by atoms with Crippen LogP contribution in [0, 0.1) is 5.92 Å². The summed E-state index contributed by atoms with van der Waals surface area (Å²) in [5, 5.41) is 0. The summed E-state index contributed by atoms with van der Waals surface area (Å²) in [6, 6.07) is 15.6. The molecule has 2 aromatic carbocycles. The molecule has 2 unspecified atom stereocenters. The smallest absolute Gasteiger partial charge is 0.231 e. The van der Waals surface area contributed by atoms with Crippen molar-refractivity contribution in [3.05, 3.63) is 64.1 Å². The van der Waals surface area contributed by atoms with E-state index in [-0.39, 0.29) is 30.3 Å². The molecule has 0 aromatic heterocycles. The molecule has 0 radical (unpaired) electrons. The first kappa shape index (κ1) is 18.0. The highest BCUT2D eigenvalue weighted by Gasteiger charge is 2.31. The van der Waals surface area contributed by atoms with Crippen molar-refractivity contribution >= 4 is 39.9 Å². The number of carbonyl (C=O) groups excluding carboxylic acids is 1. The lowest BCUT2D eigenvalue weighted by Crippen LogP contribution is -2.38. The van der Waals surface area contributed by atoms with Crippen molar-refractivity contribution in [2.45, 2.75) is 19.4 Å². The number of halogens is 2. The molecule has 3 rings (SSSR count). The average molecular weight is 396 g/mol. The maximum atomic E-state index is 12.9. The molecule has 0 spiro atoms. The molecule has 3 nitrogen and oxygen atoms in total. The van der Waals surface area contributed by atoms with Crippen LogP contribution in [-0.2, 0) is 11.2 Å². The van der Waals surface area contributed by atoms with E-state index in [1.165, 1.54) is 5.56 Å². The Kier molecular flexibility index (Phi) is 5.84. The molecule has 23 heavy (non-hydrogen) atoms. The molecule has 0 fully saturated rings. The number of carbonyl (C=O) groups is 1. The number of nitrogens with zero attached hydrogens (tertiary/aromatic N) is 1. The molecule has 0 bridgehead atoms. The van der Waals surface area contributed by atoms with E-state index in [0.29, 0.717) is 0 Å². The molecular formula is C18H20BrClN2O. The second kappa shape index (κ2) is 7.47. The monoisotopic (exact) mass is 394 g/mol. The van der Waals surface area contributed by atoms with Crippen LogP contribution in [0.2, 0.25) is 0 Å². The first-order chi connectivity index (χ1) is 10.6. The fourth-order valence-corrected chi connectivity index (χ4v) is 3.29. The molecule has 0 aliphatic carbocycles. The van der Waals surface area contributed by atoms with E-state index in [1.807, 2.05) is 54.3 Å². The van der Waals surface area contributed by atoms with Crippen molar-refractivity contribution in [1.82, 2.24) is 0 Å². The maximum absolute atomic E-state index is 12.9. The zero-order chi connectivity index (χ0) is 15.7. The molecule has 1 amide bonds. The molecule has 2 N–H and O–H groups in total. The van der Waals surface area contributed by atoms with Gasteiger partial charge in [-0.05, 0) is 29.7 Å². The minimum atomic E-state index is -0.287. The topological polar surface area (TPSA) is 46.3 Å². The Balaban J connectivity index is 0.00000192. The van der Waals surface area contributed by atoms with Crippen LogP contribution in [0.5, 0.6) is 0 Å². The van der Waals surface area contributed by atoms with Gasteiger partial charge in [0.25, 0.3) is 0 Å². The van der Waals surface area contributed by atoms with Crippen LogP contribution in [0.15, 0.2) is 53.0 Å². The first-order valence-corrected chi connectivity index (χ1v) is 8.27. The third-order valence-corrected chi connectivity index (χ3v) is 4.81. The Morgan fingerprint density at radius 2 is 1.91 bits per heavy atom.